The Balaban J connectivity index is 1.94. The molecule has 2 amide bonds. The summed E-state index contributed by atoms with van der Waals surface area (Å²) in [5.74, 6) is 0.473. The van der Waals surface area contributed by atoms with E-state index in [1.807, 2.05) is 0 Å². The third-order valence-electron chi connectivity index (χ3n) is 3.39. The molecule has 1 fully saturated rings. The molecule has 0 saturated carbocycles. The van der Waals surface area contributed by atoms with Crippen LogP contribution in [0.5, 0.6) is 5.75 Å². The molecule has 0 radical (unpaired) electrons. The fourth-order valence-electron chi connectivity index (χ4n) is 2.06. The molecule has 1 N–H and O–H groups in total. The van der Waals surface area contributed by atoms with Crippen LogP contribution in [0.4, 0.5) is 23.7 Å². The summed E-state index contributed by atoms with van der Waals surface area (Å²) in [6.45, 7) is 0.696. The molecule has 8 heteroatoms. The van der Waals surface area contributed by atoms with Crippen LogP contribution in [0.25, 0.3) is 0 Å². The van der Waals surface area contributed by atoms with Gasteiger partial charge in [-0.2, -0.15) is 13.2 Å². The predicted molar refractivity (Wildman–Crippen MR) is 78.6 cm³/mol. The number of carbonyl (C=O) groups excluding carboxylic acids is 1. The smallest absolute Gasteiger partial charge is 0.390 e. The second-order valence-electron chi connectivity index (χ2n) is 5.32. The average molecular weight is 332 g/mol. The number of carbonyl (C=O) groups is 1. The van der Waals surface area contributed by atoms with Crippen LogP contribution in [0.15, 0.2) is 24.3 Å². The van der Waals surface area contributed by atoms with Crippen LogP contribution in [0, 0.1) is 0 Å². The fourth-order valence-corrected chi connectivity index (χ4v) is 2.06. The molecular weight excluding hydrogens is 313 g/mol. The van der Waals surface area contributed by atoms with E-state index in [0.717, 1.165) is 11.3 Å². The van der Waals surface area contributed by atoms with Crippen molar-refractivity contribution in [2.24, 2.45) is 0 Å². The summed E-state index contributed by atoms with van der Waals surface area (Å²) in [4.78, 5) is 13.0. The first-order valence-electron chi connectivity index (χ1n) is 7.27. The first-order chi connectivity index (χ1) is 10.8. The molecule has 1 saturated heterocycles. The van der Waals surface area contributed by atoms with Crippen LogP contribution in [0.3, 0.4) is 0 Å². The highest BCUT2D eigenvalue weighted by molar-refractivity contribution is 5.90. The van der Waals surface area contributed by atoms with Crippen molar-refractivity contribution in [3.8, 4) is 5.75 Å². The molecule has 23 heavy (non-hydrogen) atoms. The number of anilines is 1. The van der Waals surface area contributed by atoms with Crippen molar-refractivity contribution in [1.82, 2.24) is 4.90 Å². The van der Waals surface area contributed by atoms with Crippen LogP contribution in [0.2, 0.25) is 0 Å². The number of benzene rings is 1. The number of amides is 2. The van der Waals surface area contributed by atoms with Gasteiger partial charge in [0.2, 0.25) is 0 Å². The van der Waals surface area contributed by atoms with Gasteiger partial charge < -0.3 is 19.7 Å². The van der Waals surface area contributed by atoms with Crippen molar-refractivity contribution < 1.29 is 27.4 Å². The minimum atomic E-state index is -4.29. The van der Waals surface area contributed by atoms with Crippen molar-refractivity contribution in [3.05, 3.63) is 24.3 Å². The third kappa shape index (κ3) is 5.63. The maximum Gasteiger partial charge on any atom is 0.390 e. The molecule has 0 unspecified atom stereocenters. The quantitative estimate of drug-likeness (QED) is 0.900. The Kier molecular flexibility index (Phi) is 5.70. The number of hydrogen-bond donors (Lipinski definition) is 1. The number of urea groups is 1. The van der Waals surface area contributed by atoms with Crippen LogP contribution in [0.1, 0.15) is 12.8 Å². The van der Waals surface area contributed by atoms with Crippen molar-refractivity contribution in [3.63, 3.8) is 0 Å². The number of ether oxygens (including phenoxy) is 2. The van der Waals surface area contributed by atoms with Crippen LogP contribution in [-0.2, 0) is 4.74 Å². The lowest BCUT2D eigenvalue weighted by atomic mass is 10.2. The lowest BCUT2D eigenvalue weighted by Crippen LogP contribution is -2.34. The van der Waals surface area contributed by atoms with Gasteiger partial charge in [-0.1, -0.05) is 12.1 Å². The van der Waals surface area contributed by atoms with Crippen molar-refractivity contribution in [1.29, 1.82) is 0 Å². The number of nitrogens with zero attached hydrogens (tertiary/aromatic N) is 1. The second kappa shape index (κ2) is 7.54. The zero-order valence-electron chi connectivity index (χ0n) is 12.7. The zero-order chi connectivity index (χ0) is 16.9. The first-order valence-corrected chi connectivity index (χ1v) is 7.27. The predicted octanol–water partition coefficient (Wildman–Crippen LogP) is 3.27. The minimum Gasteiger partial charge on any atom is -0.486 e. The Hall–Kier alpha value is -1.96. The van der Waals surface area contributed by atoms with Crippen molar-refractivity contribution >= 4 is 11.7 Å². The van der Waals surface area contributed by atoms with Gasteiger partial charge in [-0.15, -0.1) is 0 Å². The normalized spacial score (nSPS) is 17.8. The molecule has 1 aliphatic heterocycles. The average Bonchev–Trinajstić information content (AvgIpc) is 2.99. The summed E-state index contributed by atoms with van der Waals surface area (Å²) in [6.07, 6.45) is -4.67. The van der Waals surface area contributed by atoms with Crippen molar-refractivity contribution in [2.75, 3.05) is 32.1 Å². The van der Waals surface area contributed by atoms with E-state index in [1.165, 1.54) is 7.05 Å². The van der Waals surface area contributed by atoms with Gasteiger partial charge in [-0.05, 0) is 12.1 Å². The van der Waals surface area contributed by atoms with Gasteiger partial charge in [0.15, 0.2) is 0 Å². The standard InChI is InChI=1S/C15H19F3N2O3/c1-20(8-7-15(16,17)18)14(21)19-12-4-2-3-5-13(12)23-11-6-9-22-10-11/h2-5,11H,6-10H2,1H3,(H,19,21)/t11-/m0/s1. The Morgan fingerprint density at radius 3 is 2.83 bits per heavy atom. The molecule has 0 spiro atoms. The maximum absolute atomic E-state index is 12.2. The summed E-state index contributed by atoms with van der Waals surface area (Å²) in [5, 5.41) is 2.57. The third-order valence-corrected chi connectivity index (χ3v) is 3.39. The molecule has 128 valence electrons. The Morgan fingerprint density at radius 2 is 2.17 bits per heavy atom. The van der Waals surface area contributed by atoms with Crippen LogP contribution >= 0.6 is 0 Å². The largest absolute Gasteiger partial charge is 0.486 e. The lowest BCUT2D eigenvalue weighted by molar-refractivity contribution is -0.135. The second-order valence-corrected chi connectivity index (χ2v) is 5.32. The highest BCUT2D eigenvalue weighted by Gasteiger charge is 2.28. The summed E-state index contributed by atoms with van der Waals surface area (Å²) in [7, 11) is 1.31. The van der Waals surface area contributed by atoms with Gasteiger partial charge in [0.1, 0.15) is 11.9 Å². The van der Waals surface area contributed by atoms with Gasteiger partial charge in [-0.3, -0.25) is 0 Å². The summed E-state index contributed by atoms with van der Waals surface area (Å²) < 4.78 is 47.6. The van der Waals surface area contributed by atoms with Gasteiger partial charge in [0.05, 0.1) is 25.3 Å². The number of alkyl halides is 3. The molecule has 1 heterocycles. The van der Waals surface area contributed by atoms with E-state index in [0.29, 0.717) is 24.7 Å². The fraction of sp³-hybridized carbons (Fsp3) is 0.533. The molecule has 0 aromatic heterocycles. The number of rotatable bonds is 5. The molecule has 1 atom stereocenters. The van der Waals surface area contributed by atoms with Gasteiger partial charge in [0.25, 0.3) is 0 Å². The molecule has 0 aliphatic carbocycles. The van der Waals surface area contributed by atoms with E-state index in [9.17, 15) is 18.0 Å². The Labute approximate surface area is 132 Å². The van der Waals surface area contributed by atoms with E-state index in [2.05, 4.69) is 5.32 Å². The lowest BCUT2D eigenvalue weighted by Gasteiger charge is -2.21. The molecular formula is C15H19F3N2O3. The van der Waals surface area contributed by atoms with E-state index in [4.69, 9.17) is 9.47 Å². The van der Waals surface area contributed by atoms with Crippen LogP contribution in [-0.4, -0.2) is 50.0 Å². The summed E-state index contributed by atoms with van der Waals surface area (Å²) in [6, 6.07) is 6.19. The van der Waals surface area contributed by atoms with Gasteiger partial charge in [-0.25, -0.2) is 4.79 Å². The molecule has 1 aliphatic rings. The minimum absolute atomic E-state index is 0.0870. The molecule has 1 aromatic carbocycles. The Morgan fingerprint density at radius 1 is 1.43 bits per heavy atom. The summed E-state index contributed by atoms with van der Waals surface area (Å²) >= 11 is 0. The van der Waals surface area contributed by atoms with Crippen LogP contribution < -0.4 is 10.1 Å². The van der Waals surface area contributed by atoms with Gasteiger partial charge >= 0.3 is 12.2 Å². The highest BCUT2D eigenvalue weighted by Crippen LogP contribution is 2.27. The first kappa shape index (κ1) is 17.4. The monoisotopic (exact) mass is 332 g/mol. The van der Waals surface area contributed by atoms with Gasteiger partial charge in [0, 0.05) is 20.0 Å². The summed E-state index contributed by atoms with van der Waals surface area (Å²) in [5.41, 5.74) is 0.420. The molecule has 5 nitrogen and oxygen atoms in total. The number of halogens is 3. The molecule has 0 bridgehead atoms. The maximum atomic E-state index is 12.2. The van der Waals surface area contributed by atoms with E-state index >= 15 is 0 Å². The molecule has 1 aromatic rings. The van der Waals surface area contributed by atoms with E-state index < -0.39 is 25.2 Å². The van der Waals surface area contributed by atoms with E-state index in [-0.39, 0.29) is 6.10 Å². The number of hydrogen-bond acceptors (Lipinski definition) is 3. The number of para-hydroxylation sites is 2. The van der Waals surface area contributed by atoms with Crippen molar-refractivity contribution in [2.45, 2.75) is 25.1 Å². The SMILES string of the molecule is CN(CCC(F)(F)F)C(=O)Nc1ccccc1O[C@H]1CCOC1. The Bertz CT molecular complexity index is 531. The zero-order valence-corrected chi connectivity index (χ0v) is 12.7. The molecule has 2 rings (SSSR count). The number of nitrogens with one attached hydrogen (secondary N) is 1. The van der Waals surface area contributed by atoms with E-state index in [1.54, 1.807) is 24.3 Å². The highest BCUT2D eigenvalue weighted by atomic mass is 19.4. The topological polar surface area (TPSA) is 50.8 Å².